The van der Waals surface area contributed by atoms with Crippen molar-refractivity contribution in [3.63, 3.8) is 0 Å². The van der Waals surface area contributed by atoms with Gasteiger partial charge in [0.05, 0.1) is 19.5 Å². The number of hydrogen-bond acceptors (Lipinski definition) is 17. The van der Waals surface area contributed by atoms with Gasteiger partial charge in [-0.2, -0.15) is 0 Å². The van der Waals surface area contributed by atoms with Crippen LogP contribution in [0.5, 0.6) is 5.75 Å². The number of halogens is 2. The van der Waals surface area contributed by atoms with Crippen LogP contribution in [0.15, 0.2) is 58.8 Å². The summed E-state index contributed by atoms with van der Waals surface area (Å²) in [6.45, 7) is -3.71. The van der Waals surface area contributed by atoms with Gasteiger partial charge in [0.25, 0.3) is 5.56 Å². The van der Waals surface area contributed by atoms with E-state index in [1.807, 2.05) is 4.98 Å². The SMILES string of the molecule is CCCCCCCCCCNC(=O)Oc1ccc(CSP2(=O)OC[C@H]3O[C@@H](n4cnc5c(N)ncnc54)[C@H](F)[C@@H]3OP(=O)(O)OC[C@H]3O[C@@H](n4ccc(=O)[nH]c4=O)[C@H](F)[C@@H]3O2)cc1. The molecule has 0 spiro atoms. The Hall–Kier alpha value is -4.09. The number of nitrogens with two attached hydrogens (primary N) is 1. The molecule has 3 saturated heterocycles. The summed E-state index contributed by atoms with van der Waals surface area (Å²) in [5.74, 6) is 0.132. The molecule has 0 bridgehead atoms. The zero-order chi connectivity index (χ0) is 44.7. The van der Waals surface area contributed by atoms with Crippen molar-refractivity contribution in [3.05, 3.63) is 75.6 Å². The van der Waals surface area contributed by atoms with Gasteiger partial charge in [-0.3, -0.25) is 37.0 Å². The van der Waals surface area contributed by atoms with Crippen molar-refractivity contribution in [1.29, 1.82) is 0 Å². The number of hydrogen-bond donors (Lipinski definition) is 4. The van der Waals surface area contributed by atoms with Crippen molar-refractivity contribution in [2.24, 2.45) is 0 Å². The molecular weight excluding hydrogens is 896 g/mol. The topological polar surface area (TPSA) is 273 Å². The number of phosphoric ester groups is 1. The van der Waals surface area contributed by atoms with E-state index in [4.69, 9.17) is 38.0 Å². The van der Waals surface area contributed by atoms with Gasteiger partial charge in [0.1, 0.15) is 42.0 Å². The lowest BCUT2D eigenvalue weighted by Crippen LogP contribution is -2.38. The molecule has 3 aliphatic rings. The summed E-state index contributed by atoms with van der Waals surface area (Å²) in [7, 11) is -5.22. The van der Waals surface area contributed by atoms with Crippen LogP contribution < -0.4 is 27.0 Å². The summed E-state index contributed by atoms with van der Waals surface area (Å²) < 4.78 is 102. The van der Waals surface area contributed by atoms with Gasteiger partial charge in [0, 0.05) is 24.6 Å². The smallest absolute Gasteiger partial charge is 0.410 e. The summed E-state index contributed by atoms with van der Waals surface area (Å²) in [4.78, 5) is 61.7. The second-order valence-corrected chi connectivity index (χ2v) is 20.4. The number of ether oxygens (including phenoxy) is 3. The summed E-state index contributed by atoms with van der Waals surface area (Å²) in [5, 5.41) is 2.74. The van der Waals surface area contributed by atoms with Crippen LogP contribution in [0.1, 0.15) is 76.3 Å². The van der Waals surface area contributed by atoms with E-state index in [0.717, 1.165) is 37.9 Å². The number of imidazole rings is 1. The van der Waals surface area contributed by atoms with Crippen LogP contribution in [0.4, 0.5) is 19.4 Å². The summed E-state index contributed by atoms with van der Waals surface area (Å²) in [6, 6.07) is 7.17. The van der Waals surface area contributed by atoms with Gasteiger partial charge in [-0.25, -0.2) is 42.5 Å². The molecule has 3 aromatic heterocycles. The summed E-state index contributed by atoms with van der Waals surface area (Å²) in [6.07, 6.45) is -3.29. The minimum atomic E-state index is -5.22. The first-order valence-corrected chi connectivity index (χ1v) is 25.0. The van der Waals surface area contributed by atoms with Crippen molar-refractivity contribution >= 4 is 49.1 Å². The number of rotatable bonds is 15. The number of anilines is 1. The van der Waals surface area contributed by atoms with Crippen LogP contribution in [-0.4, -0.2) is 96.6 Å². The molecule has 0 radical (unpaired) electrons. The lowest BCUT2D eigenvalue weighted by molar-refractivity contribution is -0.0619. The predicted octanol–water partition coefficient (Wildman–Crippen LogP) is 5.62. The van der Waals surface area contributed by atoms with E-state index >= 15 is 8.78 Å². The van der Waals surface area contributed by atoms with Crippen LogP contribution in [0.2, 0.25) is 0 Å². The summed E-state index contributed by atoms with van der Waals surface area (Å²) in [5.41, 5.74) is 4.79. The molecule has 26 heteroatoms. The molecule has 63 heavy (non-hydrogen) atoms. The predicted molar refractivity (Wildman–Crippen MR) is 222 cm³/mol. The fourth-order valence-corrected chi connectivity index (χ4v) is 11.5. The first kappa shape index (κ1) is 46.9. The van der Waals surface area contributed by atoms with Crippen LogP contribution >= 0.6 is 26.0 Å². The maximum atomic E-state index is 16.4. The van der Waals surface area contributed by atoms with Crippen molar-refractivity contribution < 1.29 is 59.9 Å². The molecule has 5 N–H and O–H groups in total. The van der Waals surface area contributed by atoms with E-state index in [9.17, 15) is 28.4 Å². The number of aromatic amines is 1. The average molecular weight is 945 g/mol. The molecule has 10 atom stereocenters. The Balaban J connectivity index is 1.07. The first-order chi connectivity index (χ1) is 30.2. The van der Waals surface area contributed by atoms with E-state index in [0.29, 0.717) is 28.1 Å². The van der Waals surface area contributed by atoms with E-state index in [-0.39, 0.29) is 28.5 Å². The monoisotopic (exact) mass is 944 g/mol. The highest BCUT2D eigenvalue weighted by atomic mass is 32.7. The molecule has 344 valence electrons. The Morgan fingerprint density at radius 2 is 1.57 bits per heavy atom. The molecule has 3 fully saturated rings. The van der Waals surface area contributed by atoms with Crippen molar-refractivity contribution in [2.75, 3.05) is 25.5 Å². The van der Waals surface area contributed by atoms with Gasteiger partial charge in [0.2, 0.25) is 0 Å². The largest absolute Gasteiger partial charge is 0.472 e. The molecule has 1 amide bonds. The van der Waals surface area contributed by atoms with Gasteiger partial charge in [-0.15, -0.1) is 0 Å². The fourth-order valence-electron chi connectivity index (χ4n) is 7.20. The highest BCUT2D eigenvalue weighted by Crippen LogP contribution is 2.65. The number of phosphoric acid groups is 1. The van der Waals surface area contributed by atoms with Gasteiger partial charge in [0.15, 0.2) is 36.3 Å². The van der Waals surface area contributed by atoms with E-state index in [2.05, 4.69) is 27.2 Å². The zero-order valence-electron chi connectivity index (χ0n) is 33.9. The molecule has 21 nitrogen and oxygen atoms in total. The number of carbonyl (C=O) groups excluding carboxylic acids is 1. The number of nitrogen functional groups attached to an aromatic ring is 1. The molecule has 7 rings (SSSR count). The van der Waals surface area contributed by atoms with Crippen LogP contribution in [-0.2, 0) is 42.5 Å². The third-order valence-electron chi connectivity index (χ3n) is 10.4. The van der Waals surface area contributed by atoms with Gasteiger partial charge in [-0.1, -0.05) is 64.0 Å². The highest BCUT2D eigenvalue weighted by molar-refractivity contribution is 8.54. The lowest BCUT2D eigenvalue weighted by Gasteiger charge is -2.29. The molecule has 3 aliphatic heterocycles. The Kier molecular flexibility index (Phi) is 15.5. The number of alkyl halides is 2. The lowest BCUT2D eigenvalue weighted by atomic mass is 10.1. The van der Waals surface area contributed by atoms with Gasteiger partial charge < -0.3 is 30.2 Å². The maximum Gasteiger partial charge on any atom is 0.472 e. The molecule has 2 unspecified atom stereocenters. The number of benzene rings is 1. The van der Waals surface area contributed by atoms with Gasteiger partial charge >= 0.3 is 26.4 Å². The number of H-pyrrole nitrogens is 1. The Bertz CT molecular complexity index is 2410. The molecular formula is C37H48F2N8O13P2S. The number of fused-ring (bicyclic) bond motifs is 3. The normalized spacial score (nSPS) is 30.0. The van der Waals surface area contributed by atoms with E-state index < -0.39 is 94.4 Å². The Morgan fingerprint density at radius 3 is 2.27 bits per heavy atom. The van der Waals surface area contributed by atoms with Crippen LogP contribution in [0.3, 0.4) is 0 Å². The van der Waals surface area contributed by atoms with Crippen LogP contribution in [0, 0.1) is 0 Å². The van der Waals surface area contributed by atoms with Crippen LogP contribution in [0.25, 0.3) is 11.2 Å². The van der Waals surface area contributed by atoms with E-state index in [1.54, 1.807) is 12.1 Å². The third kappa shape index (κ3) is 11.6. The Labute approximate surface area is 362 Å². The first-order valence-electron chi connectivity index (χ1n) is 20.4. The number of aromatic nitrogens is 6. The van der Waals surface area contributed by atoms with Crippen molar-refractivity contribution in [2.45, 2.75) is 113 Å². The average Bonchev–Trinajstić information content (AvgIpc) is 3.91. The molecule has 6 heterocycles. The van der Waals surface area contributed by atoms with Crippen molar-refractivity contribution in [1.82, 2.24) is 34.4 Å². The number of carbonyl (C=O) groups is 1. The van der Waals surface area contributed by atoms with E-state index in [1.165, 1.54) is 55.1 Å². The maximum absolute atomic E-state index is 16.4. The number of amides is 1. The van der Waals surface area contributed by atoms with Gasteiger partial charge in [-0.05, 0) is 35.5 Å². The molecule has 4 aromatic rings. The third-order valence-corrected chi connectivity index (χ3v) is 15.1. The van der Waals surface area contributed by atoms with Crippen molar-refractivity contribution in [3.8, 4) is 5.75 Å². The number of nitrogens with one attached hydrogen (secondary N) is 2. The second-order valence-electron chi connectivity index (χ2n) is 15.0. The minimum absolute atomic E-state index is 0.00907. The fraction of sp³-hybridized carbons (Fsp3) is 0.568. The summed E-state index contributed by atoms with van der Waals surface area (Å²) >= 11 is 0.607. The Morgan fingerprint density at radius 1 is 0.921 bits per heavy atom. The molecule has 0 aliphatic carbocycles. The quantitative estimate of drug-likeness (QED) is 0.0832. The number of nitrogens with zero attached hydrogens (tertiary/aromatic N) is 5. The number of unbranched alkanes of at least 4 members (excludes halogenated alkanes) is 7. The zero-order valence-corrected chi connectivity index (χ0v) is 36.5. The minimum Gasteiger partial charge on any atom is -0.410 e. The molecule has 1 aromatic carbocycles. The standard InChI is InChI=1S/C37H48F2N8O13P2S/c1-2-3-4-5-6-7-8-9-15-41-37(50)56-23-12-10-22(11-13-23)19-63-62(53)55-18-25-30(27(38)35(58-25)47-21-44-29-32(40)42-20-43-33(29)47)59-61(51,52)54-17-24-31(60-62)28(39)34(57-24)46-16-14-26(48)45-36(46)49/h10-14,16,20-21,24-25,27-28,30-31,34-35H,2-9,15,17-19H2,1H3,(H,41,50)(H,51,52)(H2,40,42,43)(H,45,48,49)/t24-,25-,27-,28-,30-,31-,34-,35-,62?/m1/s1. The molecule has 0 saturated carbocycles. The second kappa shape index (κ2) is 20.8. The highest BCUT2D eigenvalue weighted by Gasteiger charge is 2.55.